The van der Waals surface area contributed by atoms with Gasteiger partial charge in [-0.2, -0.15) is 0 Å². The van der Waals surface area contributed by atoms with Crippen molar-refractivity contribution < 1.29 is 9.32 Å². The van der Waals surface area contributed by atoms with Gasteiger partial charge < -0.3 is 20.1 Å². The maximum Gasteiger partial charge on any atom is 0.263 e. The number of nitrogens with one attached hydrogen (secondary N) is 2. The molecular formula is C18H21N5O2S. The highest BCUT2D eigenvalue weighted by Crippen LogP contribution is 2.26. The Morgan fingerprint density at radius 2 is 2.15 bits per heavy atom. The standard InChI is InChI=1S/C18H21N5O2S/c1-12-16(26-18(21-12)23-10-8-19-9-11-23)17(24)20-7-6-14-13-4-2-3-5-15(13)25-22-14/h2-5,19H,6-11H2,1H3,(H,20,24). The molecule has 1 aliphatic heterocycles. The average molecular weight is 371 g/mol. The van der Waals surface area contributed by atoms with E-state index in [2.05, 4.69) is 25.7 Å². The fourth-order valence-electron chi connectivity index (χ4n) is 3.08. The molecule has 1 amide bonds. The molecule has 2 aromatic heterocycles. The van der Waals surface area contributed by atoms with E-state index in [1.807, 2.05) is 31.2 Å². The SMILES string of the molecule is Cc1nc(N2CCNCC2)sc1C(=O)NCCc1noc2ccccc12. The van der Waals surface area contributed by atoms with Gasteiger partial charge in [0.15, 0.2) is 10.7 Å². The number of carbonyl (C=O) groups is 1. The molecule has 136 valence electrons. The van der Waals surface area contributed by atoms with E-state index in [0.29, 0.717) is 17.8 Å². The van der Waals surface area contributed by atoms with Crippen LogP contribution in [0, 0.1) is 6.92 Å². The molecule has 0 spiro atoms. The number of carbonyl (C=O) groups excluding carboxylic acids is 1. The van der Waals surface area contributed by atoms with E-state index in [1.165, 1.54) is 11.3 Å². The zero-order valence-electron chi connectivity index (χ0n) is 14.6. The predicted octanol–water partition coefficient (Wildman–Crippen LogP) is 1.97. The molecule has 7 nitrogen and oxygen atoms in total. The van der Waals surface area contributed by atoms with Gasteiger partial charge in [0.1, 0.15) is 4.88 Å². The quantitative estimate of drug-likeness (QED) is 0.714. The van der Waals surface area contributed by atoms with Crippen LogP contribution in [0.3, 0.4) is 0 Å². The number of hydrogen-bond donors (Lipinski definition) is 2. The lowest BCUT2D eigenvalue weighted by Gasteiger charge is -2.26. The fourth-order valence-corrected chi connectivity index (χ4v) is 4.11. The summed E-state index contributed by atoms with van der Waals surface area (Å²) in [6.07, 6.45) is 0.630. The lowest BCUT2D eigenvalue weighted by molar-refractivity contribution is 0.0957. The minimum atomic E-state index is -0.0748. The van der Waals surface area contributed by atoms with Gasteiger partial charge in [-0.1, -0.05) is 28.6 Å². The van der Waals surface area contributed by atoms with E-state index < -0.39 is 0 Å². The van der Waals surface area contributed by atoms with Crippen LogP contribution in [0.5, 0.6) is 0 Å². The second-order valence-electron chi connectivity index (χ2n) is 6.28. The first kappa shape index (κ1) is 17.0. The summed E-state index contributed by atoms with van der Waals surface area (Å²) in [5.41, 5.74) is 2.42. The zero-order valence-corrected chi connectivity index (χ0v) is 15.4. The van der Waals surface area contributed by atoms with Crippen LogP contribution in [0.25, 0.3) is 11.0 Å². The monoisotopic (exact) mass is 371 g/mol. The Morgan fingerprint density at radius 1 is 1.35 bits per heavy atom. The van der Waals surface area contributed by atoms with Gasteiger partial charge in [-0.15, -0.1) is 0 Å². The second kappa shape index (κ2) is 7.43. The summed E-state index contributed by atoms with van der Waals surface area (Å²) in [6, 6.07) is 7.75. The van der Waals surface area contributed by atoms with Crippen molar-refractivity contribution in [2.24, 2.45) is 0 Å². The number of anilines is 1. The molecule has 3 heterocycles. The normalized spacial score (nSPS) is 14.7. The molecule has 1 saturated heterocycles. The molecule has 0 aliphatic carbocycles. The summed E-state index contributed by atoms with van der Waals surface area (Å²) in [7, 11) is 0. The van der Waals surface area contributed by atoms with Crippen molar-refractivity contribution in [2.75, 3.05) is 37.6 Å². The van der Waals surface area contributed by atoms with E-state index >= 15 is 0 Å². The second-order valence-corrected chi connectivity index (χ2v) is 7.26. The molecule has 0 unspecified atom stereocenters. The number of nitrogens with zero attached hydrogens (tertiary/aromatic N) is 3. The first-order valence-electron chi connectivity index (χ1n) is 8.77. The van der Waals surface area contributed by atoms with E-state index in [4.69, 9.17) is 4.52 Å². The summed E-state index contributed by atoms with van der Waals surface area (Å²) < 4.78 is 5.30. The van der Waals surface area contributed by atoms with Gasteiger partial charge in [-0.05, 0) is 19.1 Å². The summed E-state index contributed by atoms with van der Waals surface area (Å²) in [6.45, 7) is 6.15. The van der Waals surface area contributed by atoms with Gasteiger partial charge in [0, 0.05) is 44.5 Å². The third kappa shape index (κ3) is 3.42. The van der Waals surface area contributed by atoms with Crippen LogP contribution in [0.15, 0.2) is 28.8 Å². The van der Waals surface area contributed by atoms with Crippen LogP contribution in [0.1, 0.15) is 21.1 Å². The molecule has 1 aromatic carbocycles. The topological polar surface area (TPSA) is 83.3 Å². The van der Waals surface area contributed by atoms with Gasteiger partial charge in [-0.25, -0.2) is 4.98 Å². The maximum atomic E-state index is 12.5. The van der Waals surface area contributed by atoms with E-state index in [9.17, 15) is 4.79 Å². The lowest BCUT2D eigenvalue weighted by atomic mass is 10.2. The number of piperazine rings is 1. The minimum Gasteiger partial charge on any atom is -0.356 e. The number of para-hydroxylation sites is 1. The van der Waals surface area contributed by atoms with E-state index in [0.717, 1.165) is 53.7 Å². The molecule has 2 N–H and O–H groups in total. The van der Waals surface area contributed by atoms with Crippen LogP contribution in [-0.2, 0) is 6.42 Å². The van der Waals surface area contributed by atoms with Crippen molar-refractivity contribution in [1.82, 2.24) is 20.8 Å². The van der Waals surface area contributed by atoms with Crippen LogP contribution in [0.4, 0.5) is 5.13 Å². The molecule has 1 fully saturated rings. The third-order valence-corrected chi connectivity index (χ3v) is 5.70. The number of rotatable bonds is 5. The molecular weight excluding hydrogens is 350 g/mol. The van der Waals surface area contributed by atoms with Crippen molar-refractivity contribution in [2.45, 2.75) is 13.3 Å². The Labute approximate surface area is 155 Å². The number of aryl methyl sites for hydroxylation is 1. The van der Waals surface area contributed by atoms with Gasteiger partial charge >= 0.3 is 0 Å². The maximum absolute atomic E-state index is 12.5. The molecule has 0 atom stereocenters. The number of aromatic nitrogens is 2. The predicted molar refractivity (Wildman–Crippen MR) is 102 cm³/mol. The molecule has 3 aromatic rings. The van der Waals surface area contributed by atoms with Gasteiger partial charge in [0.05, 0.1) is 11.4 Å². The Hall–Kier alpha value is -2.45. The summed E-state index contributed by atoms with van der Waals surface area (Å²) >= 11 is 1.47. The number of thiazole rings is 1. The van der Waals surface area contributed by atoms with Crippen molar-refractivity contribution in [3.63, 3.8) is 0 Å². The van der Waals surface area contributed by atoms with Crippen LogP contribution in [0.2, 0.25) is 0 Å². The molecule has 0 radical (unpaired) electrons. The number of fused-ring (bicyclic) bond motifs is 1. The molecule has 0 bridgehead atoms. The Kier molecular flexibility index (Phi) is 4.85. The Balaban J connectivity index is 1.38. The Bertz CT molecular complexity index is 913. The van der Waals surface area contributed by atoms with Gasteiger partial charge in [0.25, 0.3) is 5.91 Å². The number of amides is 1. The third-order valence-electron chi connectivity index (χ3n) is 4.48. The summed E-state index contributed by atoms with van der Waals surface area (Å²) in [5, 5.41) is 12.3. The highest BCUT2D eigenvalue weighted by Gasteiger charge is 2.20. The number of hydrogen-bond acceptors (Lipinski definition) is 7. The Morgan fingerprint density at radius 3 is 3.00 bits per heavy atom. The van der Waals surface area contributed by atoms with E-state index in [1.54, 1.807) is 0 Å². The van der Waals surface area contributed by atoms with Crippen molar-refractivity contribution >= 4 is 33.3 Å². The highest BCUT2D eigenvalue weighted by atomic mass is 32.1. The molecule has 8 heteroatoms. The van der Waals surface area contributed by atoms with Gasteiger partial charge in [-0.3, -0.25) is 4.79 Å². The molecule has 0 saturated carbocycles. The van der Waals surface area contributed by atoms with Crippen LogP contribution >= 0.6 is 11.3 Å². The lowest BCUT2D eigenvalue weighted by Crippen LogP contribution is -2.43. The average Bonchev–Trinajstić information content (AvgIpc) is 3.26. The van der Waals surface area contributed by atoms with Crippen molar-refractivity contribution in [3.8, 4) is 0 Å². The summed E-state index contributed by atoms with van der Waals surface area (Å²) in [4.78, 5) is 20.0. The smallest absolute Gasteiger partial charge is 0.263 e. The van der Waals surface area contributed by atoms with Crippen LogP contribution < -0.4 is 15.5 Å². The van der Waals surface area contributed by atoms with Gasteiger partial charge in [0.2, 0.25) is 0 Å². The molecule has 4 rings (SSSR count). The van der Waals surface area contributed by atoms with Crippen LogP contribution in [-0.4, -0.2) is 48.8 Å². The van der Waals surface area contributed by atoms with Crippen molar-refractivity contribution in [3.05, 3.63) is 40.5 Å². The number of benzene rings is 1. The first-order chi connectivity index (χ1) is 12.7. The fraction of sp³-hybridized carbons (Fsp3) is 0.389. The largest absolute Gasteiger partial charge is 0.356 e. The zero-order chi connectivity index (χ0) is 17.9. The first-order valence-corrected chi connectivity index (χ1v) is 9.58. The minimum absolute atomic E-state index is 0.0748. The molecule has 1 aliphatic rings. The molecule has 26 heavy (non-hydrogen) atoms. The van der Waals surface area contributed by atoms with Crippen molar-refractivity contribution in [1.29, 1.82) is 0 Å². The summed E-state index contributed by atoms with van der Waals surface area (Å²) in [5.74, 6) is -0.0748. The van der Waals surface area contributed by atoms with E-state index in [-0.39, 0.29) is 5.91 Å². The highest BCUT2D eigenvalue weighted by molar-refractivity contribution is 7.17.